The molecular formula is C10H11O2Sn. The van der Waals surface area contributed by atoms with Crippen LogP contribution in [0.2, 0.25) is 4.44 Å². The van der Waals surface area contributed by atoms with Gasteiger partial charge in [0.05, 0.1) is 0 Å². The Hall–Kier alpha value is -0.641. The van der Waals surface area contributed by atoms with Gasteiger partial charge in [0.25, 0.3) is 0 Å². The molecule has 1 rings (SSSR count). The number of ether oxygens (including phenoxy) is 1. The summed E-state index contributed by atoms with van der Waals surface area (Å²) in [5.74, 6) is 0.702. The number of hydrogen-bond donors (Lipinski definition) is 1. The van der Waals surface area contributed by atoms with E-state index in [0.717, 1.165) is 10.0 Å². The van der Waals surface area contributed by atoms with Gasteiger partial charge in [-0.1, -0.05) is 0 Å². The standard InChI is InChI=1S/C10H11O2.Sn/c1-3-4-8-5-6-9(11)10(7-8)12-2;/h3-7,11H,1H2,2H3;. The number of allylic oxidation sites excluding steroid dienone is 1. The Morgan fingerprint density at radius 2 is 2.31 bits per heavy atom. The van der Waals surface area contributed by atoms with Crippen LogP contribution in [0.5, 0.6) is 11.5 Å². The number of aromatic hydroxyl groups is 1. The van der Waals surface area contributed by atoms with Crippen LogP contribution >= 0.6 is 0 Å². The van der Waals surface area contributed by atoms with Crippen molar-refractivity contribution in [3.63, 3.8) is 0 Å². The molecule has 13 heavy (non-hydrogen) atoms. The molecule has 0 saturated heterocycles. The Morgan fingerprint density at radius 1 is 1.54 bits per heavy atom. The van der Waals surface area contributed by atoms with Crippen LogP contribution in [0.3, 0.4) is 0 Å². The average molecular weight is 282 g/mol. The summed E-state index contributed by atoms with van der Waals surface area (Å²) in [4.78, 5) is 0. The summed E-state index contributed by atoms with van der Waals surface area (Å²) in [6.45, 7) is 0. The van der Waals surface area contributed by atoms with E-state index in [2.05, 4.69) is 6.08 Å². The number of benzene rings is 1. The molecule has 1 aromatic rings. The fourth-order valence-corrected chi connectivity index (χ4v) is 1.33. The molecule has 3 heteroatoms. The van der Waals surface area contributed by atoms with Crippen molar-refractivity contribution in [2.75, 3.05) is 7.11 Å². The van der Waals surface area contributed by atoms with E-state index in [1.54, 1.807) is 13.2 Å². The number of hydrogen-bond acceptors (Lipinski definition) is 2. The Morgan fingerprint density at radius 3 is 2.92 bits per heavy atom. The Labute approximate surface area is 91.3 Å². The van der Waals surface area contributed by atoms with Crippen molar-refractivity contribution in [3.05, 3.63) is 29.8 Å². The predicted molar refractivity (Wildman–Crippen MR) is 54.3 cm³/mol. The quantitative estimate of drug-likeness (QED) is 0.859. The molecule has 0 heterocycles. The molecule has 1 aromatic carbocycles. The summed E-state index contributed by atoms with van der Waals surface area (Å²) in [7, 11) is 1.55. The molecule has 0 aliphatic carbocycles. The predicted octanol–water partition coefficient (Wildman–Crippen LogP) is 2.00. The number of phenolic OH excluding ortho intramolecular Hbond substituents is 1. The molecule has 0 saturated carbocycles. The first-order valence-electron chi connectivity index (χ1n) is 3.96. The zero-order valence-corrected chi connectivity index (χ0v) is 10.3. The monoisotopic (exact) mass is 283 g/mol. The van der Waals surface area contributed by atoms with Gasteiger partial charge in [-0.2, -0.15) is 0 Å². The molecule has 3 radical (unpaired) electrons. The molecular weight excluding hydrogens is 271 g/mol. The van der Waals surface area contributed by atoms with Gasteiger partial charge in [-0.05, 0) is 0 Å². The molecule has 0 amide bonds. The molecule has 0 fully saturated rings. The second kappa shape index (κ2) is 5.17. The zero-order valence-electron chi connectivity index (χ0n) is 7.45. The van der Waals surface area contributed by atoms with Crippen LogP contribution in [-0.4, -0.2) is 34.7 Å². The summed E-state index contributed by atoms with van der Waals surface area (Å²) in [6.07, 6.45) is 4.13. The van der Waals surface area contributed by atoms with Crippen molar-refractivity contribution < 1.29 is 9.84 Å². The Bertz CT molecular complexity index is 308. The van der Waals surface area contributed by atoms with Crippen LogP contribution in [0, 0.1) is 0 Å². The van der Waals surface area contributed by atoms with E-state index in [0.29, 0.717) is 5.75 Å². The molecule has 0 spiro atoms. The third-order valence-electron chi connectivity index (χ3n) is 1.63. The minimum absolute atomic E-state index is 0.183. The second-order valence-electron chi connectivity index (χ2n) is 2.54. The Balaban J connectivity index is 2.92. The van der Waals surface area contributed by atoms with Crippen LogP contribution < -0.4 is 4.74 Å². The van der Waals surface area contributed by atoms with Gasteiger partial charge in [-0.15, -0.1) is 0 Å². The van der Waals surface area contributed by atoms with Gasteiger partial charge in [-0.3, -0.25) is 0 Å². The fourth-order valence-electron chi connectivity index (χ4n) is 0.993. The van der Waals surface area contributed by atoms with Gasteiger partial charge in [0, 0.05) is 0 Å². The summed E-state index contributed by atoms with van der Waals surface area (Å²) in [5, 5.41) is 9.32. The van der Waals surface area contributed by atoms with Gasteiger partial charge in [0.15, 0.2) is 0 Å². The maximum atomic E-state index is 9.32. The average Bonchev–Trinajstić information content (AvgIpc) is 2.16. The van der Waals surface area contributed by atoms with Crippen molar-refractivity contribution in [3.8, 4) is 11.5 Å². The second-order valence-corrected chi connectivity index (χ2v) is 3.70. The van der Waals surface area contributed by atoms with Crippen molar-refractivity contribution in [2.45, 2.75) is 4.44 Å². The van der Waals surface area contributed by atoms with Crippen molar-refractivity contribution in [1.29, 1.82) is 0 Å². The minimum atomic E-state index is 0.183. The molecule has 0 bridgehead atoms. The van der Waals surface area contributed by atoms with Gasteiger partial charge in [-0.25, -0.2) is 0 Å². The Kier molecular flexibility index (Phi) is 4.15. The summed E-state index contributed by atoms with van der Waals surface area (Å²) in [6, 6.07) is 5.32. The van der Waals surface area contributed by atoms with Gasteiger partial charge >= 0.3 is 91.3 Å². The first-order chi connectivity index (χ1) is 6.27. The summed E-state index contributed by atoms with van der Waals surface area (Å²) in [5.41, 5.74) is 1.05. The normalized spacial score (nSPS) is 10.6. The molecule has 1 N–H and O–H groups in total. The van der Waals surface area contributed by atoms with E-state index in [9.17, 15) is 5.11 Å². The number of phenols is 1. The molecule has 67 valence electrons. The van der Waals surface area contributed by atoms with Crippen LogP contribution in [0.25, 0.3) is 6.08 Å². The third kappa shape index (κ3) is 2.95. The van der Waals surface area contributed by atoms with Crippen molar-refractivity contribution >= 4 is 28.6 Å². The van der Waals surface area contributed by atoms with Gasteiger partial charge in [0.1, 0.15) is 0 Å². The van der Waals surface area contributed by atoms with E-state index in [-0.39, 0.29) is 5.75 Å². The van der Waals surface area contributed by atoms with E-state index >= 15 is 0 Å². The molecule has 2 nitrogen and oxygen atoms in total. The fraction of sp³-hybridized carbons (Fsp3) is 0.200. The zero-order chi connectivity index (χ0) is 9.68. The van der Waals surface area contributed by atoms with Crippen molar-refractivity contribution in [2.24, 2.45) is 0 Å². The van der Waals surface area contributed by atoms with Crippen LogP contribution in [-0.2, 0) is 0 Å². The maximum absolute atomic E-state index is 9.32. The van der Waals surface area contributed by atoms with Gasteiger partial charge in [0.2, 0.25) is 0 Å². The van der Waals surface area contributed by atoms with E-state index < -0.39 is 0 Å². The number of rotatable bonds is 3. The summed E-state index contributed by atoms with van der Waals surface area (Å²) >= 11 is 1.50. The van der Waals surface area contributed by atoms with E-state index in [1.165, 1.54) is 22.5 Å². The molecule has 0 atom stereocenters. The summed E-state index contributed by atoms with van der Waals surface area (Å²) < 4.78 is 6.08. The third-order valence-corrected chi connectivity index (χ3v) is 2.30. The van der Waals surface area contributed by atoms with Crippen molar-refractivity contribution in [1.82, 2.24) is 0 Å². The molecule has 0 unspecified atom stereocenters. The van der Waals surface area contributed by atoms with Crippen LogP contribution in [0.4, 0.5) is 0 Å². The van der Waals surface area contributed by atoms with Crippen LogP contribution in [0.15, 0.2) is 24.3 Å². The molecule has 0 aromatic heterocycles. The van der Waals surface area contributed by atoms with E-state index in [1.807, 2.05) is 18.2 Å². The van der Waals surface area contributed by atoms with E-state index in [4.69, 9.17) is 4.74 Å². The first kappa shape index (κ1) is 10.4. The first-order valence-corrected chi connectivity index (χ1v) is 5.98. The molecule has 0 aliphatic rings. The topological polar surface area (TPSA) is 29.5 Å². The van der Waals surface area contributed by atoms with Gasteiger partial charge < -0.3 is 0 Å². The molecule has 0 aliphatic heterocycles. The SMILES string of the molecule is COc1cc(C=C[CH2][Sn])ccc1O. The number of methoxy groups -OCH3 is 1. The van der Waals surface area contributed by atoms with Crippen LogP contribution in [0.1, 0.15) is 5.56 Å².